The highest BCUT2D eigenvalue weighted by Crippen LogP contribution is 2.30. The first-order valence-electron chi connectivity index (χ1n) is 10.0. The van der Waals surface area contributed by atoms with Gasteiger partial charge in [-0.05, 0) is 24.6 Å². The Labute approximate surface area is 177 Å². The van der Waals surface area contributed by atoms with Crippen molar-refractivity contribution in [2.24, 2.45) is 0 Å². The quantitative estimate of drug-likeness (QED) is 0.759. The number of nitrogens with one attached hydrogen (secondary N) is 1. The lowest BCUT2D eigenvalue weighted by Crippen LogP contribution is -2.53. The molecule has 1 aliphatic rings. The van der Waals surface area contributed by atoms with Crippen LogP contribution in [0.5, 0.6) is 11.5 Å². The standard InChI is InChI=1S/C23H28N4O3/c1-17(23(28)25-19-9-10-21(29-2)22(15-19)30-3)26-11-13-27(14-12-26)20(16-24)18-7-5-4-6-8-18/h4-10,15,17,20H,11-14H2,1-3H3,(H,25,28). The monoisotopic (exact) mass is 408 g/mol. The van der Waals surface area contributed by atoms with Crippen molar-refractivity contribution in [3.63, 3.8) is 0 Å². The van der Waals surface area contributed by atoms with Crippen LogP contribution >= 0.6 is 0 Å². The Hall–Kier alpha value is -3.08. The zero-order chi connectivity index (χ0) is 21.5. The lowest BCUT2D eigenvalue weighted by molar-refractivity contribution is -0.121. The molecule has 1 aliphatic heterocycles. The van der Waals surface area contributed by atoms with Crippen molar-refractivity contribution in [1.29, 1.82) is 5.26 Å². The van der Waals surface area contributed by atoms with Crippen LogP contribution in [0.25, 0.3) is 0 Å². The molecule has 2 unspecified atom stereocenters. The van der Waals surface area contributed by atoms with Gasteiger partial charge in [0.05, 0.1) is 26.3 Å². The summed E-state index contributed by atoms with van der Waals surface area (Å²) in [7, 11) is 3.14. The van der Waals surface area contributed by atoms with Gasteiger partial charge in [0.1, 0.15) is 6.04 Å². The second kappa shape index (κ2) is 10.1. The van der Waals surface area contributed by atoms with Crippen molar-refractivity contribution in [2.75, 3.05) is 45.7 Å². The largest absolute Gasteiger partial charge is 0.493 e. The molecular weight excluding hydrogens is 380 g/mol. The van der Waals surface area contributed by atoms with Crippen LogP contribution in [0.15, 0.2) is 48.5 Å². The summed E-state index contributed by atoms with van der Waals surface area (Å²) in [6, 6.07) is 17.0. The van der Waals surface area contributed by atoms with Crippen LogP contribution in [-0.2, 0) is 4.79 Å². The molecule has 2 aromatic rings. The second-order valence-corrected chi connectivity index (χ2v) is 7.25. The van der Waals surface area contributed by atoms with Gasteiger partial charge in [-0.1, -0.05) is 30.3 Å². The summed E-state index contributed by atoms with van der Waals surface area (Å²) < 4.78 is 10.5. The molecule has 0 bridgehead atoms. The number of benzene rings is 2. The van der Waals surface area contributed by atoms with Gasteiger partial charge in [-0.15, -0.1) is 0 Å². The molecule has 2 atom stereocenters. The molecule has 0 aromatic heterocycles. The van der Waals surface area contributed by atoms with Gasteiger partial charge in [0.15, 0.2) is 11.5 Å². The van der Waals surface area contributed by atoms with E-state index in [1.165, 1.54) is 0 Å². The average Bonchev–Trinajstić information content (AvgIpc) is 2.80. The minimum absolute atomic E-state index is 0.0736. The molecule has 3 rings (SSSR count). The van der Waals surface area contributed by atoms with Crippen LogP contribution in [0.3, 0.4) is 0 Å². The molecule has 1 N–H and O–H groups in total. The Morgan fingerprint density at radius 2 is 1.63 bits per heavy atom. The van der Waals surface area contributed by atoms with Gasteiger partial charge in [0, 0.05) is 37.9 Å². The van der Waals surface area contributed by atoms with E-state index in [-0.39, 0.29) is 18.0 Å². The van der Waals surface area contributed by atoms with Crippen molar-refractivity contribution in [3.05, 3.63) is 54.1 Å². The Bertz CT molecular complexity index is 889. The summed E-state index contributed by atoms with van der Waals surface area (Å²) in [4.78, 5) is 17.1. The van der Waals surface area contributed by atoms with Crippen molar-refractivity contribution < 1.29 is 14.3 Å². The number of ether oxygens (including phenoxy) is 2. The first-order chi connectivity index (χ1) is 14.6. The molecule has 0 aliphatic carbocycles. The highest BCUT2D eigenvalue weighted by atomic mass is 16.5. The fourth-order valence-electron chi connectivity index (χ4n) is 3.71. The maximum absolute atomic E-state index is 12.8. The van der Waals surface area contributed by atoms with Gasteiger partial charge in [-0.2, -0.15) is 5.26 Å². The molecule has 1 heterocycles. The molecule has 158 valence electrons. The molecule has 2 aromatic carbocycles. The van der Waals surface area contributed by atoms with Crippen LogP contribution in [-0.4, -0.2) is 62.1 Å². The van der Waals surface area contributed by atoms with Crippen molar-refractivity contribution in [3.8, 4) is 17.6 Å². The fourth-order valence-corrected chi connectivity index (χ4v) is 3.71. The lowest BCUT2D eigenvalue weighted by atomic mass is 10.1. The Kier molecular flexibility index (Phi) is 7.28. The van der Waals surface area contributed by atoms with E-state index in [4.69, 9.17) is 9.47 Å². The van der Waals surface area contributed by atoms with E-state index in [0.717, 1.165) is 31.7 Å². The molecule has 30 heavy (non-hydrogen) atoms. The number of hydrogen-bond donors (Lipinski definition) is 1. The average molecular weight is 409 g/mol. The van der Waals surface area contributed by atoms with Crippen molar-refractivity contribution >= 4 is 11.6 Å². The highest BCUT2D eigenvalue weighted by Gasteiger charge is 2.29. The van der Waals surface area contributed by atoms with E-state index >= 15 is 0 Å². The van der Waals surface area contributed by atoms with Crippen LogP contribution in [0.1, 0.15) is 18.5 Å². The summed E-state index contributed by atoms with van der Waals surface area (Å²) in [6.07, 6.45) is 0. The van der Waals surface area contributed by atoms with E-state index < -0.39 is 0 Å². The van der Waals surface area contributed by atoms with E-state index in [0.29, 0.717) is 17.2 Å². The Balaban J connectivity index is 1.58. The number of carbonyl (C=O) groups excluding carboxylic acids is 1. The number of rotatable bonds is 7. The minimum atomic E-state index is -0.280. The SMILES string of the molecule is COc1ccc(NC(=O)C(C)N2CCN(C(C#N)c3ccccc3)CC2)cc1OC. The highest BCUT2D eigenvalue weighted by molar-refractivity contribution is 5.94. The lowest BCUT2D eigenvalue weighted by Gasteiger charge is -2.39. The van der Waals surface area contributed by atoms with E-state index in [2.05, 4.69) is 21.2 Å². The molecule has 0 radical (unpaired) electrons. The van der Waals surface area contributed by atoms with Gasteiger partial charge < -0.3 is 14.8 Å². The smallest absolute Gasteiger partial charge is 0.241 e. The van der Waals surface area contributed by atoms with Crippen LogP contribution in [0.2, 0.25) is 0 Å². The number of amides is 1. The Morgan fingerprint density at radius 1 is 1.00 bits per heavy atom. The van der Waals surface area contributed by atoms with E-state index in [1.54, 1.807) is 32.4 Å². The van der Waals surface area contributed by atoms with Gasteiger partial charge in [-0.25, -0.2) is 0 Å². The molecule has 7 nitrogen and oxygen atoms in total. The van der Waals surface area contributed by atoms with Crippen LogP contribution in [0.4, 0.5) is 5.69 Å². The maximum atomic E-state index is 12.8. The predicted molar refractivity (Wildman–Crippen MR) is 116 cm³/mol. The number of anilines is 1. The first-order valence-corrected chi connectivity index (χ1v) is 10.0. The molecule has 7 heteroatoms. The van der Waals surface area contributed by atoms with Crippen molar-refractivity contribution in [2.45, 2.75) is 19.0 Å². The molecular formula is C23H28N4O3. The van der Waals surface area contributed by atoms with Crippen LogP contribution < -0.4 is 14.8 Å². The third-order valence-electron chi connectivity index (χ3n) is 5.53. The fraction of sp³-hybridized carbons (Fsp3) is 0.391. The second-order valence-electron chi connectivity index (χ2n) is 7.25. The summed E-state index contributed by atoms with van der Waals surface area (Å²) in [5, 5.41) is 12.6. The first kappa shape index (κ1) is 21.6. The molecule has 1 fully saturated rings. The predicted octanol–water partition coefficient (Wildman–Crippen LogP) is 2.91. The molecule has 1 amide bonds. The maximum Gasteiger partial charge on any atom is 0.241 e. The number of hydrogen-bond acceptors (Lipinski definition) is 6. The summed E-state index contributed by atoms with van der Waals surface area (Å²) in [5.41, 5.74) is 1.67. The normalized spacial score (nSPS) is 16.9. The number of nitrogens with zero attached hydrogens (tertiary/aromatic N) is 3. The van der Waals surface area contributed by atoms with E-state index in [9.17, 15) is 10.1 Å². The summed E-state index contributed by atoms with van der Waals surface area (Å²) in [6.45, 7) is 4.84. The third-order valence-corrected chi connectivity index (χ3v) is 5.53. The Morgan fingerprint density at radius 3 is 2.23 bits per heavy atom. The van der Waals surface area contributed by atoms with Gasteiger partial charge in [0.25, 0.3) is 0 Å². The van der Waals surface area contributed by atoms with E-state index in [1.807, 2.05) is 37.3 Å². The van der Waals surface area contributed by atoms with Crippen LogP contribution in [0, 0.1) is 11.3 Å². The summed E-state index contributed by atoms with van der Waals surface area (Å²) in [5.74, 6) is 1.11. The minimum Gasteiger partial charge on any atom is -0.493 e. The number of piperazine rings is 1. The number of nitriles is 1. The van der Waals surface area contributed by atoms with Gasteiger partial charge >= 0.3 is 0 Å². The van der Waals surface area contributed by atoms with Crippen molar-refractivity contribution in [1.82, 2.24) is 9.80 Å². The summed E-state index contributed by atoms with van der Waals surface area (Å²) >= 11 is 0. The zero-order valence-electron chi connectivity index (χ0n) is 17.7. The number of carbonyl (C=O) groups is 1. The molecule has 0 spiro atoms. The molecule has 0 saturated carbocycles. The topological polar surface area (TPSA) is 77.8 Å². The van der Waals surface area contributed by atoms with Gasteiger partial charge in [-0.3, -0.25) is 14.6 Å². The van der Waals surface area contributed by atoms with Gasteiger partial charge in [0.2, 0.25) is 5.91 Å². The third kappa shape index (κ3) is 4.90. The zero-order valence-corrected chi connectivity index (χ0v) is 17.7. The molecule has 1 saturated heterocycles. The number of methoxy groups -OCH3 is 2.